The quantitative estimate of drug-likeness (QED) is 0.0641. The molecule has 8 heteroatoms. The summed E-state index contributed by atoms with van der Waals surface area (Å²) in [7, 11) is 0. The van der Waals surface area contributed by atoms with Gasteiger partial charge in [0, 0.05) is 24.7 Å². The van der Waals surface area contributed by atoms with Crippen LogP contribution in [0.15, 0.2) is 170 Å². The van der Waals surface area contributed by atoms with E-state index in [4.69, 9.17) is 9.47 Å². The van der Waals surface area contributed by atoms with Gasteiger partial charge in [-0.25, -0.2) is 8.78 Å². The number of esters is 2. The van der Waals surface area contributed by atoms with Crippen molar-refractivity contribution in [1.29, 1.82) is 0 Å². The highest BCUT2D eigenvalue weighted by Gasteiger charge is 2.36. The molecule has 6 rings (SSSR count). The Balaban J connectivity index is 1.29. The van der Waals surface area contributed by atoms with Gasteiger partial charge in [0.05, 0.1) is 0 Å². The molecule has 0 aliphatic heterocycles. The molecule has 0 saturated heterocycles. The van der Waals surface area contributed by atoms with Gasteiger partial charge in [0.1, 0.15) is 18.1 Å². The molecule has 0 amide bonds. The highest BCUT2D eigenvalue weighted by Crippen LogP contribution is 2.31. The van der Waals surface area contributed by atoms with Gasteiger partial charge in [-0.1, -0.05) is 146 Å². The third kappa shape index (κ3) is 11.7. The van der Waals surface area contributed by atoms with E-state index in [-0.39, 0.29) is 25.7 Å². The Morgan fingerprint density at radius 1 is 0.404 bits per heavy atom. The molecular weight excluding hydrogens is 723 g/mol. The lowest BCUT2D eigenvalue weighted by atomic mass is 9.84. The van der Waals surface area contributed by atoms with Gasteiger partial charge in [0.15, 0.2) is 23.8 Å². The molecule has 2 unspecified atom stereocenters. The number of ether oxygens (including phenoxy) is 2. The van der Waals surface area contributed by atoms with Gasteiger partial charge in [0.2, 0.25) is 0 Å². The largest absolute Gasteiger partial charge is 0.453 e. The molecule has 0 saturated carbocycles. The average Bonchev–Trinajstić information content (AvgIpc) is 3.22. The first-order valence-corrected chi connectivity index (χ1v) is 18.8. The van der Waals surface area contributed by atoms with Crippen molar-refractivity contribution < 1.29 is 37.4 Å². The highest BCUT2D eigenvalue weighted by molar-refractivity contribution is 5.96. The Kier molecular flexibility index (Phi) is 14.0. The molecule has 0 aliphatic carbocycles. The third-order valence-corrected chi connectivity index (χ3v) is 9.81. The highest BCUT2D eigenvalue weighted by atomic mass is 19.1. The SMILES string of the molecule is O=C(CC(=O)OC(C(=O)Cc1ccccc1)[C@@H](Cc1ccccc1)c1ccc(F)cc1)OC(C(=O)Cc1ccccc1)[C@@H](Cc1ccccc1)c1ccc(F)cc1. The standard InChI is InChI=1S/C49H42F2O6/c50-40-25-21-38(22-26-40)42(29-34-13-5-1-6-14-34)48(44(52)31-36-17-9-3-10-18-36)56-46(54)33-47(55)57-49(45(53)32-37-19-11-4-12-20-37)43(30-35-15-7-2-8-16-35)39-23-27-41(51)28-24-39/h1-28,42-43,48-49H,29-33H2/t42-,43-,48?,49?/m0/s1. The van der Waals surface area contributed by atoms with E-state index in [1.807, 2.05) is 72.8 Å². The number of hydrogen-bond acceptors (Lipinski definition) is 6. The molecule has 0 bridgehead atoms. The maximum Gasteiger partial charge on any atom is 0.317 e. The van der Waals surface area contributed by atoms with Crippen LogP contribution in [0.4, 0.5) is 8.78 Å². The lowest BCUT2D eigenvalue weighted by Crippen LogP contribution is -2.38. The van der Waals surface area contributed by atoms with Crippen LogP contribution in [0.25, 0.3) is 0 Å². The Bertz CT molecular complexity index is 2050. The average molecular weight is 765 g/mol. The van der Waals surface area contributed by atoms with Crippen LogP contribution in [0.5, 0.6) is 0 Å². The van der Waals surface area contributed by atoms with Crippen molar-refractivity contribution in [2.75, 3.05) is 0 Å². The molecule has 0 aromatic heterocycles. The fraction of sp³-hybridized carbons (Fsp3) is 0.184. The van der Waals surface area contributed by atoms with Crippen LogP contribution in [0.3, 0.4) is 0 Å². The van der Waals surface area contributed by atoms with Crippen molar-refractivity contribution in [3.05, 3.63) is 215 Å². The van der Waals surface area contributed by atoms with Crippen LogP contribution in [0.1, 0.15) is 51.6 Å². The monoisotopic (exact) mass is 764 g/mol. The van der Waals surface area contributed by atoms with E-state index in [1.165, 1.54) is 24.3 Å². The maximum absolute atomic E-state index is 14.2. The minimum atomic E-state index is -1.36. The van der Waals surface area contributed by atoms with Crippen LogP contribution in [0, 0.1) is 11.6 Å². The molecule has 6 aromatic carbocycles. The van der Waals surface area contributed by atoms with Gasteiger partial charge in [-0.05, 0) is 70.5 Å². The van der Waals surface area contributed by atoms with Crippen LogP contribution in [-0.4, -0.2) is 35.7 Å². The lowest BCUT2D eigenvalue weighted by molar-refractivity contribution is -0.166. The first kappa shape index (κ1) is 40.1. The third-order valence-electron chi connectivity index (χ3n) is 9.81. The number of carbonyl (C=O) groups excluding carboxylic acids is 4. The number of Topliss-reactive ketones (excluding diaryl/α,β-unsaturated/α-hetero) is 2. The molecule has 4 atom stereocenters. The summed E-state index contributed by atoms with van der Waals surface area (Å²) in [5, 5.41) is 0. The van der Waals surface area contributed by atoms with Crippen molar-refractivity contribution in [2.45, 2.75) is 56.1 Å². The fourth-order valence-corrected chi connectivity index (χ4v) is 6.98. The second-order valence-corrected chi connectivity index (χ2v) is 14.0. The van der Waals surface area contributed by atoms with Crippen molar-refractivity contribution in [1.82, 2.24) is 0 Å². The summed E-state index contributed by atoms with van der Waals surface area (Å²) < 4.78 is 40.2. The van der Waals surface area contributed by atoms with Gasteiger partial charge in [-0.15, -0.1) is 0 Å². The summed E-state index contributed by atoms with van der Waals surface area (Å²) in [4.78, 5) is 55.9. The maximum atomic E-state index is 14.2. The summed E-state index contributed by atoms with van der Waals surface area (Å²) in [6.45, 7) is 0. The van der Waals surface area contributed by atoms with E-state index in [0.29, 0.717) is 22.3 Å². The van der Waals surface area contributed by atoms with E-state index >= 15 is 0 Å². The minimum Gasteiger partial charge on any atom is -0.453 e. The second kappa shape index (κ2) is 19.9. The number of ketones is 2. The zero-order valence-electron chi connectivity index (χ0n) is 31.2. The van der Waals surface area contributed by atoms with Gasteiger partial charge in [-0.3, -0.25) is 19.2 Å². The Hall–Kier alpha value is -6.54. The smallest absolute Gasteiger partial charge is 0.317 e. The van der Waals surface area contributed by atoms with Crippen molar-refractivity contribution >= 4 is 23.5 Å². The Morgan fingerprint density at radius 3 is 1.02 bits per heavy atom. The van der Waals surface area contributed by atoms with E-state index in [1.54, 1.807) is 72.8 Å². The molecular formula is C49H42F2O6. The second-order valence-electron chi connectivity index (χ2n) is 14.0. The van der Waals surface area contributed by atoms with E-state index in [0.717, 1.165) is 11.1 Å². The van der Waals surface area contributed by atoms with E-state index < -0.39 is 65.6 Å². The van der Waals surface area contributed by atoms with E-state index in [2.05, 4.69) is 0 Å². The molecule has 6 aromatic rings. The molecule has 6 nitrogen and oxygen atoms in total. The molecule has 57 heavy (non-hydrogen) atoms. The first-order valence-electron chi connectivity index (χ1n) is 18.8. The molecule has 0 heterocycles. The van der Waals surface area contributed by atoms with Crippen LogP contribution in [-0.2, 0) is 54.3 Å². The summed E-state index contributed by atoms with van der Waals surface area (Å²) in [5.41, 5.74) is 4.24. The predicted molar refractivity (Wildman–Crippen MR) is 213 cm³/mol. The number of rotatable bonds is 18. The molecule has 0 fully saturated rings. The number of halogens is 2. The number of benzene rings is 6. The van der Waals surface area contributed by atoms with Gasteiger partial charge in [0.25, 0.3) is 0 Å². The van der Waals surface area contributed by atoms with Gasteiger partial charge < -0.3 is 9.47 Å². The molecule has 0 spiro atoms. The Morgan fingerprint density at radius 2 is 0.702 bits per heavy atom. The van der Waals surface area contributed by atoms with Crippen molar-refractivity contribution in [3.8, 4) is 0 Å². The zero-order valence-corrected chi connectivity index (χ0v) is 31.2. The molecule has 0 aliphatic rings. The van der Waals surface area contributed by atoms with Gasteiger partial charge in [-0.2, -0.15) is 0 Å². The van der Waals surface area contributed by atoms with Crippen molar-refractivity contribution in [3.63, 3.8) is 0 Å². The first-order chi connectivity index (χ1) is 27.7. The van der Waals surface area contributed by atoms with Gasteiger partial charge >= 0.3 is 11.9 Å². The summed E-state index contributed by atoms with van der Waals surface area (Å²) in [6, 6.07) is 48.0. The zero-order chi connectivity index (χ0) is 40.0. The fourth-order valence-electron chi connectivity index (χ4n) is 6.98. The molecule has 0 N–H and O–H groups in total. The van der Waals surface area contributed by atoms with E-state index in [9.17, 15) is 28.0 Å². The minimum absolute atomic E-state index is 0.0649. The lowest BCUT2D eigenvalue weighted by Gasteiger charge is -2.28. The summed E-state index contributed by atoms with van der Waals surface area (Å²) >= 11 is 0. The van der Waals surface area contributed by atoms with Crippen molar-refractivity contribution in [2.24, 2.45) is 0 Å². The number of carbonyl (C=O) groups is 4. The molecule has 288 valence electrons. The van der Waals surface area contributed by atoms with Crippen LogP contribution >= 0.6 is 0 Å². The van der Waals surface area contributed by atoms with Crippen LogP contribution in [0.2, 0.25) is 0 Å². The summed E-state index contributed by atoms with van der Waals surface area (Å²) in [6.07, 6.45) is -3.22. The summed E-state index contributed by atoms with van der Waals surface area (Å²) in [5.74, 6) is -5.29. The number of hydrogen-bond donors (Lipinski definition) is 0. The predicted octanol–water partition coefficient (Wildman–Crippen LogP) is 9.15. The molecule has 0 radical (unpaired) electrons. The Labute approximate surface area is 331 Å². The topological polar surface area (TPSA) is 86.7 Å². The normalized spacial score (nSPS) is 13.1. The van der Waals surface area contributed by atoms with Crippen LogP contribution < -0.4 is 0 Å².